The van der Waals surface area contributed by atoms with E-state index >= 15 is 0 Å². The van der Waals surface area contributed by atoms with Crippen LogP contribution in [0.3, 0.4) is 0 Å². The number of fused-ring (bicyclic) bond motifs is 1. The van der Waals surface area contributed by atoms with Crippen LogP contribution < -0.4 is 5.32 Å². The van der Waals surface area contributed by atoms with E-state index in [1.807, 2.05) is 0 Å². The fourth-order valence-corrected chi connectivity index (χ4v) is 3.43. The minimum Gasteiger partial charge on any atom is -0.480 e. The number of hydrogen-bond acceptors (Lipinski definition) is 8. The van der Waals surface area contributed by atoms with Crippen molar-refractivity contribution in [2.75, 3.05) is 19.6 Å². The highest BCUT2D eigenvalue weighted by molar-refractivity contribution is 6.35. The molecule has 1 aromatic heterocycles. The average Bonchev–Trinajstić information content (AvgIpc) is 2.72. The summed E-state index contributed by atoms with van der Waals surface area (Å²) in [5.41, 5.74) is 0.0484. The number of benzene rings is 1. The summed E-state index contributed by atoms with van der Waals surface area (Å²) in [6.45, 7) is -0.0521. The Morgan fingerprint density at radius 2 is 1.70 bits per heavy atom. The molecule has 3 rings (SSSR count). The molecule has 2 heterocycles. The van der Waals surface area contributed by atoms with Gasteiger partial charge in [-0.1, -0.05) is 17.7 Å². The largest absolute Gasteiger partial charge is 0.480 e. The molecule has 6 N–H and O–H groups in total. The zero-order valence-electron chi connectivity index (χ0n) is 16.6. The quantitative estimate of drug-likeness (QED) is 0.323. The zero-order valence-corrected chi connectivity index (χ0v) is 17.4. The standard InChI is InChI=1S/C11H6ClNO4.C8H12N2O6/c12-7-2-1-5-3-6(10(14)15)4-13-9(5)8(7)11(16)17;11-4(12)3-10-2-1-9-5(7(13)14)6(10)8(15)16/h1-4H,(H,14,15)(H,16,17);5-6,9H,1-3H2,(H,11,12)(H,13,14)(H,15,16). The molecule has 33 heavy (non-hydrogen) atoms. The summed E-state index contributed by atoms with van der Waals surface area (Å²) in [4.78, 5) is 59.0. The van der Waals surface area contributed by atoms with Gasteiger partial charge >= 0.3 is 29.8 Å². The van der Waals surface area contributed by atoms with Gasteiger partial charge in [0.25, 0.3) is 0 Å². The van der Waals surface area contributed by atoms with Crippen molar-refractivity contribution in [3.63, 3.8) is 0 Å². The number of pyridine rings is 1. The first-order chi connectivity index (χ1) is 15.4. The smallest absolute Gasteiger partial charge is 0.339 e. The first-order valence-electron chi connectivity index (χ1n) is 9.13. The van der Waals surface area contributed by atoms with Gasteiger partial charge in [-0.15, -0.1) is 0 Å². The predicted molar refractivity (Wildman–Crippen MR) is 111 cm³/mol. The molecule has 0 amide bonds. The normalized spacial score (nSPS) is 18.1. The minimum atomic E-state index is -1.36. The van der Waals surface area contributed by atoms with Gasteiger partial charge in [0.05, 0.1) is 22.6 Å². The molecule has 1 aliphatic rings. The summed E-state index contributed by atoms with van der Waals surface area (Å²) >= 11 is 5.76. The van der Waals surface area contributed by atoms with Gasteiger partial charge in [0.1, 0.15) is 17.6 Å². The van der Waals surface area contributed by atoms with Crippen molar-refractivity contribution in [2.45, 2.75) is 12.1 Å². The predicted octanol–water partition coefficient (Wildman–Crippen LogP) is 0.167. The first kappa shape index (κ1) is 25.5. The fourth-order valence-electron chi connectivity index (χ4n) is 3.19. The molecule has 1 aliphatic heterocycles. The average molecular weight is 484 g/mol. The molecular weight excluding hydrogens is 466 g/mol. The van der Waals surface area contributed by atoms with Crippen molar-refractivity contribution >= 4 is 52.4 Å². The van der Waals surface area contributed by atoms with Gasteiger partial charge in [0, 0.05) is 24.7 Å². The van der Waals surface area contributed by atoms with Crippen LogP contribution in [0.2, 0.25) is 5.02 Å². The molecule has 1 aromatic carbocycles. The van der Waals surface area contributed by atoms with E-state index in [4.69, 9.17) is 37.1 Å². The number of carboxylic acid groups (broad SMARTS) is 5. The van der Waals surface area contributed by atoms with Gasteiger partial charge in [-0.3, -0.25) is 24.3 Å². The Labute approximate surface area is 189 Å². The number of aromatic nitrogens is 1. The molecule has 0 aliphatic carbocycles. The second-order valence-electron chi connectivity index (χ2n) is 6.75. The summed E-state index contributed by atoms with van der Waals surface area (Å²) in [6, 6.07) is 1.64. The number of rotatable bonds is 6. The molecular formula is C19H18ClN3O10. The number of nitrogens with zero attached hydrogens (tertiary/aromatic N) is 2. The number of hydrogen-bond donors (Lipinski definition) is 6. The van der Waals surface area contributed by atoms with E-state index in [1.165, 1.54) is 18.2 Å². The molecule has 1 fully saturated rings. The molecule has 2 unspecified atom stereocenters. The van der Waals surface area contributed by atoms with Crippen LogP contribution in [-0.2, 0) is 14.4 Å². The maximum atomic E-state index is 11.0. The Morgan fingerprint density at radius 3 is 2.21 bits per heavy atom. The van der Waals surface area contributed by atoms with E-state index in [0.717, 1.165) is 11.1 Å². The lowest BCUT2D eigenvalue weighted by Crippen LogP contribution is -2.64. The van der Waals surface area contributed by atoms with Crippen molar-refractivity contribution in [1.82, 2.24) is 15.2 Å². The van der Waals surface area contributed by atoms with Crippen LogP contribution in [0.5, 0.6) is 0 Å². The van der Waals surface area contributed by atoms with Gasteiger partial charge in [-0.25, -0.2) is 9.59 Å². The molecule has 2 aromatic rings. The summed E-state index contributed by atoms with van der Waals surface area (Å²) in [7, 11) is 0. The molecule has 1 saturated heterocycles. The SMILES string of the molecule is O=C(O)CN1CCNC(C(=O)O)C1C(=O)O.O=C(O)c1cnc2c(C(=O)O)c(Cl)ccc2c1. The van der Waals surface area contributed by atoms with Gasteiger partial charge in [0.2, 0.25) is 0 Å². The van der Waals surface area contributed by atoms with Crippen molar-refractivity contribution in [2.24, 2.45) is 0 Å². The van der Waals surface area contributed by atoms with Crippen LogP contribution in [-0.4, -0.2) is 97.0 Å². The van der Waals surface area contributed by atoms with E-state index in [9.17, 15) is 24.0 Å². The number of aromatic carboxylic acids is 2. The van der Waals surface area contributed by atoms with Gasteiger partial charge in [0.15, 0.2) is 0 Å². The molecule has 0 saturated carbocycles. The molecule has 0 bridgehead atoms. The second-order valence-corrected chi connectivity index (χ2v) is 7.15. The van der Waals surface area contributed by atoms with E-state index in [1.54, 1.807) is 0 Å². The first-order valence-corrected chi connectivity index (χ1v) is 9.51. The van der Waals surface area contributed by atoms with Crippen molar-refractivity contribution in [3.8, 4) is 0 Å². The van der Waals surface area contributed by atoms with Gasteiger partial charge < -0.3 is 30.8 Å². The zero-order chi connectivity index (χ0) is 24.9. The molecule has 13 nitrogen and oxygen atoms in total. The fraction of sp³-hybridized carbons (Fsp3) is 0.263. The second kappa shape index (κ2) is 10.7. The third-order valence-electron chi connectivity index (χ3n) is 4.59. The topological polar surface area (TPSA) is 215 Å². The molecule has 0 spiro atoms. The third-order valence-corrected chi connectivity index (χ3v) is 4.91. The molecule has 14 heteroatoms. The lowest BCUT2D eigenvalue weighted by molar-refractivity contribution is -0.156. The van der Waals surface area contributed by atoms with Gasteiger partial charge in [-0.05, 0) is 12.1 Å². The maximum absolute atomic E-state index is 11.0. The number of nitrogens with one attached hydrogen (secondary N) is 1. The lowest BCUT2D eigenvalue weighted by Gasteiger charge is -2.36. The summed E-state index contributed by atoms with van der Waals surface area (Å²) in [5, 5.41) is 47.1. The monoisotopic (exact) mass is 483 g/mol. The summed E-state index contributed by atoms with van der Waals surface area (Å²) in [5.74, 6) is -6.15. The van der Waals surface area contributed by atoms with E-state index < -0.39 is 48.5 Å². The lowest BCUT2D eigenvalue weighted by atomic mass is 10.0. The maximum Gasteiger partial charge on any atom is 0.339 e. The number of carbonyl (C=O) groups is 5. The number of halogens is 1. The van der Waals surface area contributed by atoms with Crippen LogP contribution in [0.15, 0.2) is 24.4 Å². The van der Waals surface area contributed by atoms with Crippen molar-refractivity contribution < 1.29 is 49.5 Å². The van der Waals surface area contributed by atoms with Crippen LogP contribution >= 0.6 is 11.6 Å². The summed E-state index contributed by atoms with van der Waals surface area (Å²) in [6.07, 6.45) is 1.10. The van der Waals surface area contributed by atoms with Crippen molar-refractivity contribution in [3.05, 3.63) is 40.5 Å². The molecule has 2 atom stereocenters. The van der Waals surface area contributed by atoms with E-state index in [0.29, 0.717) is 5.39 Å². The van der Waals surface area contributed by atoms with E-state index in [-0.39, 0.29) is 34.8 Å². The third kappa shape index (κ3) is 6.12. The van der Waals surface area contributed by atoms with Crippen LogP contribution in [0.1, 0.15) is 20.7 Å². The highest BCUT2D eigenvalue weighted by Gasteiger charge is 2.41. The van der Waals surface area contributed by atoms with E-state index in [2.05, 4.69) is 10.3 Å². The Balaban J connectivity index is 0.000000234. The minimum absolute atomic E-state index is 0.00355. The molecule has 176 valence electrons. The van der Waals surface area contributed by atoms with Gasteiger partial charge in [-0.2, -0.15) is 0 Å². The number of carboxylic acids is 5. The van der Waals surface area contributed by atoms with Crippen molar-refractivity contribution in [1.29, 1.82) is 0 Å². The Kier molecular flexibility index (Phi) is 8.23. The Morgan fingerprint density at radius 1 is 1.03 bits per heavy atom. The molecule has 0 radical (unpaired) electrons. The summed E-state index contributed by atoms with van der Waals surface area (Å²) < 4.78 is 0. The number of aliphatic carboxylic acids is 3. The number of piperazine rings is 1. The highest BCUT2D eigenvalue weighted by atomic mass is 35.5. The van der Waals surface area contributed by atoms with Crippen LogP contribution in [0, 0.1) is 0 Å². The highest BCUT2D eigenvalue weighted by Crippen LogP contribution is 2.25. The van der Waals surface area contributed by atoms with Crippen LogP contribution in [0.25, 0.3) is 10.9 Å². The Hall–Kier alpha value is -3.81. The Bertz CT molecular complexity index is 1120. The van der Waals surface area contributed by atoms with Crippen LogP contribution in [0.4, 0.5) is 0 Å².